The molecule has 4 amide bonds. The van der Waals surface area contributed by atoms with Crippen molar-refractivity contribution in [2.75, 3.05) is 19.6 Å². The third kappa shape index (κ3) is 4.63. The number of benzene rings is 3. The summed E-state index contributed by atoms with van der Waals surface area (Å²) in [6.07, 6.45) is 2.04. The van der Waals surface area contributed by atoms with Crippen molar-refractivity contribution in [2.45, 2.75) is 24.2 Å². The first kappa shape index (κ1) is 32.7. The first-order valence-corrected chi connectivity index (χ1v) is 16.8. The number of amides is 4. The Morgan fingerprint density at radius 2 is 1.67 bits per heavy atom. The summed E-state index contributed by atoms with van der Waals surface area (Å²) in [6.45, 7) is 0. The number of hydrogen-bond acceptors (Lipinski definition) is 9. The van der Waals surface area contributed by atoms with Gasteiger partial charge in [0, 0.05) is 10.9 Å². The maximum atomic E-state index is 15.2. The number of hydrogen-bond donors (Lipinski definition) is 3. The molecule has 0 spiro atoms. The Hall–Kier alpha value is -3.85. The van der Waals surface area contributed by atoms with Crippen LogP contribution in [0.1, 0.15) is 29.9 Å². The number of nitrogens with one attached hydrogen (secondary N) is 1. The Bertz CT molecular complexity index is 1940. The van der Waals surface area contributed by atoms with Crippen LogP contribution in [0.15, 0.2) is 66.2 Å². The maximum absolute atomic E-state index is 15.2. The van der Waals surface area contributed by atoms with E-state index < -0.39 is 58.6 Å². The quantitative estimate of drug-likeness (QED) is 0.124. The van der Waals surface area contributed by atoms with Crippen molar-refractivity contribution in [1.82, 2.24) is 10.1 Å². The summed E-state index contributed by atoms with van der Waals surface area (Å²) in [4.78, 5) is 56.3. The molecule has 2 aliphatic heterocycles. The van der Waals surface area contributed by atoms with Crippen molar-refractivity contribution >= 4 is 75.1 Å². The summed E-state index contributed by atoms with van der Waals surface area (Å²) in [5.74, 6) is -6.32. The molecule has 2 aliphatic carbocycles. The predicted molar refractivity (Wildman–Crippen MR) is 182 cm³/mol. The van der Waals surface area contributed by atoms with Gasteiger partial charge < -0.3 is 14.6 Å². The van der Waals surface area contributed by atoms with E-state index in [-0.39, 0.29) is 40.1 Å². The molecule has 0 bridgehead atoms. The van der Waals surface area contributed by atoms with Gasteiger partial charge in [-0.05, 0) is 94.9 Å². The summed E-state index contributed by atoms with van der Waals surface area (Å²) in [5.41, 5.74) is 3.37. The number of carbonyl (C=O) groups is 4. The summed E-state index contributed by atoms with van der Waals surface area (Å²) in [7, 11) is 2.93. The number of halogens is 3. The fraction of sp³-hybridized carbons (Fsp3) is 0.294. The molecular formula is C34H28Cl2IN3O8. The zero-order chi connectivity index (χ0) is 34.2. The normalized spacial score (nSPS) is 27.8. The molecule has 7 rings (SSSR count). The number of phenolic OH excluding ortho intramolecular Hbond substituents is 1. The summed E-state index contributed by atoms with van der Waals surface area (Å²) in [5, 5.41) is 22.9. The summed E-state index contributed by atoms with van der Waals surface area (Å²) < 4.78 is 11.4. The monoisotopic (exact) mass is 803 g/mol. The Labute approximate surface area is 298 Å². The minimum atomic E-state index is -1.58. The molecule has 0 aromatic heterocycles. The first-order chi connectivity index (χ1) is 22.9. The second-order valence-electron chi connectivity index (χ2n) is 12.3. The van der Waals surface area contributed by atoms with E-state index in [1.807, 2.05) is 28.7 Å². The van der Waals surface area contributed by atoms with Gasteiger partial charge in [-0.3, -0.25) is 29.8 Å². The zero-order valence-electron chi connectivity index (χ0n) is 25.4. The lowest BCUT2D eigenvalue weighted by Crippen LogP contribution is -2.53. The van der Waals surface area contributed by atoms with E-state index in [1.54, 1.807) is 48.5 Å². The highest BCUT2D eigenvalue weighted by Gasteiger charge is 2.70. The van der Waals surface area contributed by atoms with Gasteiger partial charge in [0.05, 0.1) is 51.7 Å². The number of allylic oxidation sites excluding steroid dienone is 2. The maximum Gasteiger partial charge on any atom is 0.260 e. The van der Waals surface area contributed by atoms with Crippen molar-refractivity contribution in [3.8, 4) is 17.2 Å². The fourth-order valence-corrected chi connectivity index (χ4v) is 9.19. The number of rotatable bonds is 6. The Kier molecular flexibility index (Phi) is 8.13. The molecule has 3 aromatic carbocycles. The number of nitrogens with zero attached hydrogens (tertiary/aromatic N) is 2. The van der Waals surface area contributed by atoms with Gasteiger partial charge in [0.25, 0.3) is 23.6 Å². The van der Waals surface area contributed by atoms with E-state index in [4.69, 9.17) is 32.7 Å². The molecule has 14 heteroatoms. The van der Waals surface area contributed by atoms with Crippen LogP contribution in [0.5, 0.6) is 17.2 Å². The lowest BCUT2D eigenvalue weighted by molar-refractivity contribution is -0.173. The molecule has 248 valence electrons. The number of anilines is 1. The average molecular weight is 804 g/mol. The van der Waals surface area contributed by atoms with Gasteiger partial charge in [-0.25, -0.2) is 0 Å². The molecule has 3 aromatic rings. The molecule has 6 atom stereocenters. The number of imide groups is 2. The first-order valence-electron chi connectivity index (χ1n) is 15.0. The molecule has 11 nitrogen and oxygen atoms in total. The van der Waals surface area contributed by atoms with E-state index in [0.29, 0.717) is 31.0 Å². The van der Waals surface area contributed by atoms with Gasteiger partial charge in [0.2, 0.25) is 0 Å². The Balaban J connectivity index is 1.50. The number of hydrazine groups is 1. The van der Waals surface area contributed by atoms with E-state index in [0.717, 1.165) is 5.01 Å². The average Bonchev–Trinajstić information content (AvgIpc) is 3.43. The van der Waals surface area contributed by atoms with Crippen molar-refractivity contribution in [3.63, 3.8) is 0 Å². The highest BCUT2D eigenvalue weighted by Crippen LogP contribution is 2.64. The highest BCUT2D eigenvalue weighted by molar-refractivity contribution is 14.1. The third-order valence-electron chi connectivity index (χ3n) is 10.2. The molecule has 3 N–H and O–H groups in total. The topological polar surface area (TPSA) is 146 Å². The van der Waals surface area contributed by atoms with Gasteiger partial charge >= 0.3 is 0 Å². The van der Waals surface area contributed by atoms with Crippen LogP contribution in [-0.2, 0) is 24.6 Å². The molecular weight excluding hydrogens is 776 g/mol. The number of carbonyl (C=O) groups excluding carboxylic acids is 4. The van der Waals surface area contributed by atoms with Gasteiger partial charge in [0.1, 0.15) is 5.75 Å². The molecule has 0 unspecified atom stereocenters. The van der Waals surface area contributed by atoms with E-state index in [1.165, 1.54) is 20.3 Å². The number of hydroxylamine groups is 2. The van der Waals surface area contributed by atoms with Gasteiger partial charge in [0.15, 0.2) is 11.5 Å². The second-order valence-corrected chi connectivity index (χ2v) is 14.3. The van der Waals surface area contributed by atoms with Crippen LogP contribution in [0.2, 0.25) is 10.0 Å². The van der Waals surface area contributed by atoms with Crippen LogP contribution in [0.4, 0.5) is 5.69 Å². The lowest BCUT2D eigenvalue weighted by atomic mass is 9.49. The molecule has 0 radical (unpaired) electrons. The van der Waals surface area contributed by atoms with Crippen LogP contribution in [0, 0.1) is 27.2 Å². The Morgan fingerprint density at radius 3 is 2.33 bits per heavy atom. The molecule has 2 saturated heterocycles. The smallest absolute Gasteiger partial charge is 0.260 e. The standard InChI is InChI=1S/C34H28Cl2IN3O8/c1-47-18-6-3-16(4-7-18)34-22(31(43)39(33(34)45)38-25-10-5-17(35)13-23(25)36)14-21-19(8-9-20-27(21)32(44)40(46)30(20)42)28(34)15-11-24(37)29(41)26(12-15)48-2/h3-8,10-13,20-22,27-28,38,41,46H,9,14H2,1-2H3/t20-,21+,22-,27-,28-,34+/m0/s1. The Morgan fingerprint density at radius 1 is 0.938 bits per heavy atom. The van der Waals surface area contributed by atoms with Crippen molar-refractivity contribution < 1.29 is 39.0 Å². The summed E-state index contributed by atoms with van der Waals surface area (Å²) in [6, 6.07) is 14.9. The number of fused-ring (bicyclic) bond motifs is 4. The molecule has 48 heavy (non-hydrogen) atoms. The van der Waals surface area contributed by atoms with E-state index in [9.17, 15) is 24.7 Å². The number of methoxy groups -OCH3 is 2. The van der Waals surface area contributed by atoms with Gasteiger partial charge in [-0.2, -0.15) is 10.1 Å². The third-order valence-corrected chi connectivity index (χ3v) is 11.5. The largest absolute Gasteiger partial charge is 0.504 e. The molecule has 3 fully saturated rings. The highest BCUT2D eigenvalue weighted by atomic mass is 127. The van der Waals surface area contributed by atoms with E-state index in [2.05, 4.69) is 5.43 Å². The molecule has 4 aliphatic rings. The fourth-order valence-electron chi connectivity index (χ4n) is 8.12. The van der Waals surface area contributed by atoms with Crippen molar-refractivity contribution in [1.29, 1.82) is 0 Å². The van der Waals surface area contributed by atoms with Gasteiger partial charge in [-0.15, -0.1) is 0 Å². The number of aromatic hydroxyl groups is 1. The lowest BCUT2D eigenvalue weighted by Gasteiger charge is -2.50. The minimum Gasteiger partial charge on any atom is -0.504 e. The predicted octanol–water partition coefficient (Wildman–Crippen LogP) is 5.69. The molecule has 1 saturated carbocycles. The van der Waals surface area contributed by atoms with Crippen molar-refractivity contribution in [2.24, 2.45) is 23.7 Å². The number of phenols is 1. The van der Waals surface area contributed by atoms with Crippen LogP contribution in [0.3, 0.4) is 0 Å². The van der Waals surface area contributed by atoms with Crippen LogP contribution < -0.4 is 14.9 Å². The second kappa shape index (κ2) is 11.9. The van der Waals surface area contributed by atoms with Crippen LogP contribution in [0.25, 0.3) is 0 Å². The van der Waals surface area contributed by atoms with E-state index >= 15 is 4.79 Å². The van der Waals surface area contributed by atoms with Crippen molar-refractivity contribution in [3.05, 3.63) is 91.0 Å². The minimum absolute atomic E-state index is 0.0335. The summed E-state index contributed by atoms with van der Waals surface area (Å²) >= 11 is 14.6. The molecule has 2 heterocycles. The SMILES string of the molecule is COc1ccc([C@@]23C(=O)N(Nc4ccc(Cl)cc4Cl)C(=O)[C@@H]2C[C@@H]2C(=CC[C@@H]4C(=O)N(O)C(=O)[C@@H]42)[C@@H]3c2cc(I)c(O)c(OC)c2)cc1. The van der Waals surface area contributed by atoms with Crippen LogP contribution >= 0.6 is 45.8 Å². The number of ether oxygens (including phenoxy) is 2. The zero-order valence-corrected chi connectivity index (χ0v) is 29.1. The van der Waals surface area contributed by atoms with Gasteiger partial charge in [-0.1, -0.05) is 47.0 Å². The van der Waals surface area contributed by atoms with Crippen LogP contribution in [-0.4, -0.2) is 58.2 Å².